The van der Waals surface area contributed by atoms with E-state index in [0.717, 1.165) is 41.4 Å². The Labute approximate surface area is 152 Å². The lowest BCUT2D eigenvalue weighted by molar-refractivity contribution is -0.122. The molecule has 24 heavy (non-hydrogen) atoms. The van der Waals surface area contributed by atoms with Crippen molar-refractivity contribution in [3.8, 4) is 0 Å². The molecule has 0 unspecified atom stereocenters. The smallest absolute Gasteiger partial charge is 0.290 e. The number of nitrogens with one attached hydrogen (secondary N) is 1. The quantitative estimate of drug-likeness (QED) is 0.758. The van der Waals surface area contributed by atoms with E-state index in [1.807, 2.05) is 26.0 Å². The van der Waals surface area contributed by atoms with Crippen molar-refractivity contribution in [1.82, 2.24) is 9.97 Å². The van der Waals surface area contributed by atoms with Gasteiger partial charge in [0.1, 0.15) is 11.6 Å². The van der Waals surface area contributed by atoms with E-state index in [9.17, 15) is 0 Å². The van der Waals surface area contributed by atoms with Crippen LogP contribution < -0.4 is 5.32 Å². The fraction of sp³-hybridized carbons (Fsp3) is 0.353. The van der Waals surface area contributed by atoms with Crippen molar-refractivity contribution in [3.63, 3.8) is 0 Å². The molecule has 0 atom stereocenters. The van der Waals surface area contributed by atoms with Crippen LogP contribution in [0.3, 0.4) is 0 Å². The minimum atomic E-state index is -0.250. The summed E-state index contributed by atoms with van der Waals surface area (Å²) in [5.74, 6) is 1.67. The lowest BCUT2D eigenvalue weighted by Crippen LogP contribution is -2.10. The van der Waals surface area contributed by atoms with Crippen molar-refractivity contribution in [3.05, 3.63) is 50.9 Å². The van der Waals surface area contributed by atoms with E-state index < -0.39 is 0 Å². The third-order valence-corrected chi connectivity index (χ3v) is 3.84. The number of benzene rings is 1. The fourth-order valence-corrected chi connectivity index (χ4v) is 2.67. The first kappa shape index (κ1) is 20.2. The Morgan fingerprint density at radius 3 is 2.50 bits per heavy atom. The molecule has 0 spiro atoms. The average molecular weight is 370 g/mol. The number of halogens is 2. The Kier molecular flexibility index (Phi) is 8.50. The number of carbonyl (C=O) groups is 1. The highest BCUT2D eigenvalue weighted by atomic mass is 35.5. The number of rotatable bonds is 5. The number of hydrogen-bond donors (Lipinski definition) is 2. The van der Waals surface area contributed by atoms with Gasteiger partial charge >= 0.3 is 0 Å². The van der Waals surface area contributed by atoms with Crippen LogP contribution in [0.1, 0.15) is 36.0 Å². The standard InChI is InChI=1S/C16H19Cl2N3.CH2O2/c1-4-7-19-16-14(10(2)20-11(3)21-16)8-12-5-6-13(17)9-15(12)18;2-1-3/h5-6,9H,4,7-8H2,1-3H3,(H,19,20,21);1H,(H,2,3). The summed E-state index contributed by atoms with van der Waals surface area (Å²) in [5, 5.41) is 11.6. The number of anilines is 1. The van der Waals surface area contributed by atoms with E-state index in [-0.39, 0.29) is 6.47 Å². The van der Waals surface area contributed by atoms with E-state index in [4.69, 9.17) is 33.1 Å². The maximum Gasteiger partial charge on any atom is 0.290 e. The molecule has 1 heterocycles. The van der Waals surface area contributed by atoms with Crippen LogP contribution in [-0.4, -0.2) is 28.1 Å². The summed E-state index contributed by atoms with van der Waals surface area (Å²) < 4.78 is 0. The van der Waals surface area contributed by atoms with Crippen LogP contribution in [-0.2, 0) is 11.2 Å². The lowest BCUT2D eigenvalue weighted by Gasteiger charge is -2.14. The summed E-state index contributed by atoms with van der Waals surface area (Å²) in [6.07, 6.45) is 1.73. The fourth-order valence-electron chi connectivity index (χ4n) is 2.19. The van der Waals surface area contributed by atoms with Crippen molar-refractivity contribution in [2.75, 3.05) is 11.9 Å². The molecule has 5 nitrogen and oxygen atoms in total. The summed E-state index contributed by atoms with van der Waals surface area (Å²) in [7, 11) is 0. The molecule has 1 aromatic heterocycles. The van der Waals surface area contributed by atoms with Crippen LogP contribution in [0.2, 0.25) is 10.0 Å². The molecule has 2 rings (SSSR count). The van der Waals surface area contributed by atoms with Gasteiger partial charge in [-0.15, -0.1) is 0 Å². The van der Waals surface area contributed by atoms with Gasteiger partial charge in [0, 0.05) is 34.3 Å². The van der Waals surface area contributed by atoms with Gasteiger partial charge in [0.15, 0.2) is 0 Å². The normalized spacial score (nSPS) is 9.88. The first-order valence-corrected chi connectivity index (χ1v) is 8.28. The van der Waals surface area contributed by atoms with Gasteiger partial charge < -0.3 is 10.4 Å². The second kappa shape index (κ2) is 10.1. The molecule has 0 aliphatic heterocycles. The van der Waals surface area contributed by atoms with Crippen molar-refractivity contribution >= 4 is 35.5 Å². The maximum atomic E-state index is 8.36. The predicted octanol–water partition coefficient (Wildman–Crippen LogP) is 4.51. The number of carboxylic acid groups (broad SMARTS) is 1. The molecule has 0 radical (unpaired) electrons. The van der Waals surface area contributed by atoms with Crippen LogP contribution in [0.4, 0.5) is 5.82 Å². The zero-order chi connectivity index (χ0) is 18.1. The predicted molar refractivity (Wildman–Crippen MR) is 98.2 cm³/mol. The number of aromatic nitrogens is 2. The highest BCUT2D eigenvalue weighted by molar-refractivity contribution is 6.35. The molecular formula is C17H21Cl2N3O2. The van der Waals surface area contributed by atoms with Gasteiger partial charge in [-0.1, -0.05) is 36.2 Å². The first-order chi connectivity index (χ1) is 11.4. The van der Waals surface area contributed by atoms with Gasteiger partial charge in [-0.2, -0.15) is 0 Å². The Bertz CT molecular complexity index is 694. The molecule has 7 heteroatoms. The van der Waals surface area contributed by atoms with Crippen molar-refractivity contribution in [2.24, 2.45) is 0 Å². The molecule has 1 aromatic carbocycles. The molecule has 2 N–H and O–H groups in total. The highest BCUT2D eigenvalue weighted by Gasteiger charge is 2.12. The van der Waals surface area contributed by atoms with Crippen LogP contribution >= 0.6 is 23.2 Å². The molecule has 0 saturated carbocycles. The number of hydrogen-bond acceptors (Lipinski definition) is 4. The topological polar surface area (TPSA) is 75.1 Å². The van der Waals surface area contributed by atoms with E-state index >= 15 is 0 Å². The molecular weight excluding hydrogens is 349 g/mol. The van der Waals surface area contributed by atoms with Gasteiger partial charge in [-0.3, -0.25) is 4.79 Å². The third kappa shape index (κ3) is 5.98. The van der Waals surface area contributed by atoms with Crippen LogP contribution in [0.5, 0.6) is 0 Å². The zero-order valence-corrected chi connectivity index (χ0v) is 15.4. The molecule has 130 valence electrons. The maximum absolute atomic E-state index is 8.36. The molecule has 0 bridgehead atoms. The second-order valence-electron chi connectivity index (χ2n) is 5.13. The molecule has 2 aromatic rings. The van der Waals surface area contributed by atoms with Gasteiger partial charge in [-0.05, 0) is 38.0 Å². The van der Waals surface area contributed by atoms with E-state index in [1.165, 1.54) is 0 Å². The lowest BCUT2D eigenvalue weighted by atomic mass is 10.0. The van der Waals surface area contributed by atoms with Crippen molar-refractivity contribution < 1.29 is 9.90 Å². The zero-order valence-electron chi connectivity index (χ0n) is 13.9. The van der Waals surface area contributed by atoms with Crippen LogP contribution in [0.25, 0.3) is 0 Å². The van der Waals surface area contributed by atoms with Crippen molar-refractivity contribution in [2.45, 2.75) is 33.6 Å². The monoisotopic (exact) mass is 369 g/mol. The second-order valence-corrected chi connectivity index (χ2v) is 5.97. The molecule has 0 amide bonds. The Morgan fingerprint density at radius 2 is 1.92 bits per heavy atom. The SMILES string of the molecule is CCCNc1nc(C)nc(C)c1Cc1ccc(Cl)cc1Cl.O=CO. The summed E-state index contributed by atoms with van der Waals surface area (Å²) in [6, 6.07) is 5.57. The van der Waals surface area contributed by atoms with Crippen LogP contribution in [0, 0.1) is 13.8 Å². The van der Waals surface area contributed by atoms with E-state index in [1.54, 1.807) is 6.07 Å². The van der Waals surface area contributed by atoms with E-state index in [0.29, 0.717) is 16.5 Å². The van der Waals surface area contributed by atoms with Gasteiger partial charge in [0.05, 0.1) is 0 Å². The van der Waals surface area contributed by atoms with Crippen LogP contribution in [0.15, 0.2) is 18.2 Å². The minimum Gasteiger partial charge on any atom is -0.483 e. The largest absolute Gasteiger partial charge is 0.483 e. The van der Waals surface area contributed by atoms with E-state index in [2.05, 4.69) is 22.2 Å². The first-order valence-electron chi connectivity index (χ1n) is 7.52. The Morgan fingerprint density at radius 1 is 1.25 bits per heavy atom. The summed E-state index contributed by atoms with van der Waals surface area (Å²) in [4.78, 5) is 17.4. The number of aryl methyl sites for hydroxylation is 2. The molecule has 0 aliphatic carbocycles. The summed E-state index contributed by atoms with van der Waals surface area (Å²) in [6.45, 7) is 6.68. The highest BCUT2D eigenvalue weighted by Crippen LogP contribution is 2.26. The average Bonchev–Trinajstić information content (AvgIpc) is 2.51. The minimum absolute atomic E-state index is 0.250. The Balaban J connectivity index is 0.000000891. The molecule has 0 saturated heterocycles. The Hall–Kier alpha value is -1.85. The molecule has 0 aliphatic rings. The third-order valence-electron chi connectivity index (χ3n) is 3.25. The van der Waals surface area contributed by atoms with Crippen molar-refractivity contribution in [1.29, 1.82) is 0 Å². The van der Waals surface area contributed by atoms with Gasteiger partial charge in [0.2, 0.25) is 0 Å². The number of nitrogens with zero attached hydrogens (tertiary/aromatic N) is 2. The summed E-state index contributed by atoms with van der Waals surface area (Å²) >= 11 is 12.2. The van der Waals surface area contributed by atoms with Gasteiger partial charge in [-0.25, -0.2) is 9.97 Å². The summed E-state index contributed by atoms with van der Waals surface area (Å²) in [5.41, 5.74) is 3.08. The molecule has 0 fully saturated rings. The van der Waals surface area contributed by atoms with Gasteiger partial charge in [0.25, 0.3) is 6.47 Å².